The Labute approximate surface area is 158 Å². The highest BCUT2D eigenvalue weighted by Crippen LogP contribution is 2.45. The highest BCUT2D eigenvalue weighted by molar-refractivity contribution is 5.77. The first-order valence-corrected chi connectivity index (χ1v) is 10.1. The molecule has 4 nitrogen and oxygen atoms in total. The van der Waals surface area contributed by atoms with Gasteiger partial charge in [-0.2, -0.15) is 0 Å². The largest absolute Gasteiger partial charge is 0.496 e. The smallest absolute Gasteiger partial charge is 0.220 e. The first kappa shape index (κ1) is 19.2. The van der Waals surface area contributed by atoms with Gasteiger partial charge in [0.2, 0.25) is 5.91 Å². The summed E-state index contributed by atoms with van der Waals surface area (Å²) in [6.07, 6.45) is 5.62. The van der Waals surface area contributed by atoms with Crippen molar-refractivity contribution in [3.63, 3.8) is 0 Å². The van der Waals surface area contributed by atoms with Crippen LogP contribution in [-0.2, 0) is 4.79 Å². The molecule has 0 spiro atoms. The van der Waals surface area contributed by atoms with Gasteiger partial charge in [0.1, 0.15) is 5.75 Å². The van der Waals surface area contributed by atoms with Crippen molar-refractivity contribution < 1.29 is 9.53 Å². The molecular formula is C22H34N2O2. The van der Waals surface area contributed by atoms with Crippen molar-refractivity contribution in [1.82, 2.24) is 10.2 Å². The van der Waals surface area contributed by atoms with Crippen LogP contribution < -0.4 is 10.1 Å². The van der Waals surface area contributed by atoms with Gasteiger partial charge >= 0.3 is 0 Å². The lowest BCUT2D eigenvalue weighted by atomic mass is 9.89. The number of nitrogens with one attached hydrogen (secondary N) is 1. The second kappa shape index (κ2) is 7.99. The van der Waals surface area contributed by atoms with Crippen molar-refractivity contribution in [2.45, 2.75) is 64.3 Å². The third kappa shape index (κ3) is 4.59. The van der Waals surface area contributed by atoms with Crippen molar-refractivity contribution in [2.75, 3.05) is 26.7 Å². The molecule has 1 aromatic carbocycles. The average Bonchev–Trinajstić information content (AvgIpc) is 3.29. The molecule has 1 heterocycles. The van der Waals surface area contributed by atoms with Crippen LogP contribution in [0.5, 0.6) is 5.75 Å². The molecule has 2 fully saturated rings. The molecule has 1 aliphatic heterocycles. The zero-order valence-corrected chi connectivity index (χ0v) is 16.8. The number of hydrogen-bond donors (Lipinski definition) is 1. The van der Waals surface area contributed by atoms with Crippen molar-refractivity contribution >= 4 is 5.91 Å². The normalized spacial score (nSPS) is 19.4. The first-order chi connectivity index (χ1) is 12.4. The zero-order valence-electron chi connectivity index (χ0n) is 16.8. The van der Waals surface area contributed by atoms with Crippen LogP contribution in [0.25, 0.3) is 0 Å². The highest BCUT2D eigenvalue weighted by Gasteiger charge is 2.35. The van der Waals surface area contributed by atoms with Gasteiger partial charge < -0.3 is 10.1 Å². The molecule has 4 heteroatoms. The number of aryl methyl sites for hydroxylation is 1. The number of hydrogen-bond acceptors (Lipinski definition) is 3. The van der Waals surface area contributed by atoms with E-state index in [1.165, 1.54) is 31.2 Å². The summed E-state index contributed by atoms with van der Waals surface area (Å²) >= 11 is 0. The van der Waals surface area contributed by atoms with Crippen molar-refractivity contribution in [3.8, 4) is 5.75 Å². The quantitative estimate of drug-likeness (QED) is 0.767. The minimum absolute atomic E-state index is 0.0396. The van der Waals surface area contributed by atoms with E-state index in [0.717, 1.165) is 30.9 Å². The Morgan fingerprint density at radius 3 is 2.58 bits per heavy atom. The number of benzene rings is 1. The molecule has 1 unspecified atom stereocenters. The van der Waals surface area contributed by atoms with E-state index in [1.54, 1.807) is 7.11 Å². The van der Waals surface area contributed by atoms with Gasteiger partial charge in [-0.15, -0.1) is 0 Å². The van der Waals surface area contributed by atoms with Gasteiger partial charge in [0.05, 0.1) is 7.11 Å². The van der Waals surface area contributed by atoms with E-state index >= 15 is 0 Å². The first-order valence-electron chi connectivity index (χ1n) is 10.1. The summed E-state index contributed by atoms with van der Waals surface area (Å²) in [4.78, 5) is 15.2. The Balaban J connectivity index is 1.59. The van der Waals surface area contributed by atoms with Crippen LogP contribution >= 0.6 is 0 Å². The second-order valence-electron chi connectivity index (χ2n) is 8.66. The molecule has 0 aromatic heterocycles. The third-order valence-corrected chi connectivity index (χ3v) is 6.12. The lowest BCUT2D eigenvalue weighted by Gasteiger charge is -2.35. The van der Waals surface area contributed by atoms with E-state index < -0.39 is 0 Å². The lowest BCUT2D eigenvalue weighted by molar-refractivity contribution is -0.122. The van der Waals surface area contributed by atoms with Crippen LogP contribution in [-0.4, -0.2) is 43.1 Å². The fourth-order valence-corrected chi connectivity index (χ4v) is 4.21. The van der Waals surface area contributed by atoms with Crippen LogP contribution in [0.4, 0.5) is 0 Å². The van der Waals surface area contributed by atoms with E-state index in [-0.39, 0.29) is 11.4 Å². The van der Waals surface area contributed by atoms with E-state index in [1.807, 2.05) is 6.07 Å². The van der Waals surface area contributed by atoms with Gasteiger partial charge in [-0.05, 0) is 88.6 Å². The lowest BCUT2D eigenvalue weighted by Crippen LogP contribution is -2.50. The molecule has 1 aromatic rings. The minimum atomic E-state index is 0.0396. The van der Waals surface area contributed by atoms with E-state index in [9.17, 15) is 4.79 Å². The van der Waals surface area contributed by atoms with Crippen LogP contribution in [0.15, 0.2) is 18.2 Å². The van der Waals surface area contributed by atoms with Gasteiger partial charge in [0.15, 0.2) is 0 Å². The molecule has 144 valence electrons. The van der Waals surface area contributed by atoms with Crippen molar-refractivity contribution in [3.05, 3.63) is 29.3 Å². The summed E-state index contributed by atoms with van der Waals surface area (Å²) in [6, 6.07) is 6.37. The Morgan fingerprint density at radius 2 is 2.00 bits per heavy atom. The van der Waals surface area contributed by atoms with Gasteiger partial charge in [-0.1, -0.05) is 12.1 Å². The predicted molar refractivity (Wildman–Crippen MR) is 106 cm³/mol. The highest BCUT2D eigenvalue weighted by atomic mass is 16.5. The molecule has 1 aliphatic carbocycles. The van der Waals surface area contributed by atoms with Crippen LogP contribution in [0.3, 0.4) is 0 Å². The second-order valence-corrected chi connectivity index (χ2v) is 8.66. The zero-order chi connectivity index (χ0) is 18.7. The fourth-order valence-electron chi connectivity index (χ4n) is 4.21. The van der Waals surface area contributed by atoms with Gasteiger partial charge in [-0.3, -0.25) is 9.69 Å². The summed E-state index contributed by atoms with van der Waals surface area (Å²) in [5, 5.41) is 3.21. The molecule has 26 heavy (non-hydrogen) atoms. The molecule has 1 saturated heterocycles. The number of rotatable bonds is 8. The molecule has 3 rings (SSSR count). The standard InChI is InChI=1S/C22H34N2O2/c1-16-13-18(9-10-20(16)26-4)19(17-7-8-17)14-21(25)23-15-22(2,3)24-11-5-6-12-24/h9-10,13,17,19H,5-8,11-12,14-15H2,1-4H3,(H,23,25). The molecule has 1 atom stereocenters. The molecule has 1 amide bonds. The SMILES string of the molecule is COc1ccc(C(CC(=O)NCC(C)(C)N2CCCC2)C2CC2)cc1C. The predicted octanol–water partition coefficient (Wildman–Crippen LogP) is 3.88. The number of methoxy groups -OCH3 is 1. The monoisotopic (exact) mass is 358 g/mol. The summed E-state index contributed by atoms with van der Waals surface area (Å²) in [7, 11) is 1.70. The summed E-state index contributed by atoms with van der Waals surface area (Å²) < 4.78 is 5.38. The molecule has 1 N–H and O–H groups in total. The Kier molecular flexibility index (Phi) is 5.91. The third-order valence-electron chi connectivity index (χ3n) is 6.12. The number of carbonyl (C=O) groups excluding carboxylic acids is 1. The Hall–Kier alpha value is -1.55. The van der Waals surface area contributed by atoms with E-state index in [4.69, 9.17) is 4.74 Å². The maximum absolute atomic E-state index is 12.7. The Morgan fingerprint density at radius 1 is 1.31 bits per heavy atom. The number of nitrogens with zero attached hydrogens (tertiary/aromatic N) is 1. The average molecular weight is 359 g/mol. The van der Waals surface area contributed by atoms with Gasteiger partial charge in [-0.25, -0.2) is 0 Å². The van der Waals surface area contributed by atoms with E-state index in [2.05, 4.69) is 43.1 Å². The fraction of sp³-hybridized carbons (Fsp3) is 0.682. The molecule has 2 aliphatic rings. The number of likely N-dealkylation sites (tertiary alicyclic amines) is 1. The van der Waals surface area contributed by atoms with Crippen LogP contribution in [0, 0.1) is 12.8 Å². The van der Waals surface area contributed by atoms with Crippen LogP contribution in [0.1, 0.15) is 63.0 Å². The summed E-state index contributed by atoms with van der Waals surface area (Å²) in [6.45, 7) is 9.58. The minimum Gasteiger partial charge on any atom is -0.496 e. The molecule has 1 saturated carbocycles. The number of ether oxygens (including phenoxy) is 1. The van der Waals surface area contributed by atoms with Crippen molar-refractivity contribution in [1.29, 1.82) is 0 Å². The topological polar surface area (TPSA) is 41.6 Å². The van der Waals surface area contributed by atoms with Crippen molar-refractivity contribution in [2.24, 2.45) is 5.92 Å². The van der Waals surface area contributed by atoms with E-state index in [0.29, 0.717) is 18.3 Å². The maximum atomic E-state index is 12.7. The van der Waals surface area contributed by atoms with Gasteiger partial charge in [0.25, 0.3) is 0 Å². The summed E-state index contributed by atoms with van der Waals surface area (Å²) in [5.74, 6) is 2.08. The van der Waals surface area contributed by atoms with Gasteiger partial charge in [0, 0.05) is 18.5 Å². The molecule has 0 bridgehead atoms. The summed E-state index contributed by atoms with van der Waals surface area (Å²) in [5.41, 5.74) is 2.46. The molecular weight excluding hydrogens is 324 g/mol. The maximum Gasteiger partial charge on any atom is 0.220 e. The number of amides is 1. The number of carbonyl (C=O) groups is 1. The molecule has 0 radical (unpaired) electrons. The van der Waals surface area contributed by atoms with Crippen LogP contribution in [0.2, 0.25) is 0 Å². The Bertz CT molecular complexity index is 631.